The van der Waals surface area contributed by atoms with Crippen molar-refractivity contribution in [2.75, 3.05) is 11.9 Å². The van der Waals surface area contributed by atoms with E-state index in [9.17, 15) is 4.79 Å². The lowest BCUT2D eigenvalue weighted by Gasteiger charge is -2.19. The number of carboxylic acid groups (broad SMARTS) is 1. The van der Waals surface area contributed by atoms with E-state index in [0.29, 0.717) is 12.1 Å². The highest BCUT2D eigenvalue weighted by Crippen LogP contribution is 2.16. The zero-order valence-electron chi connectivity index (χ0n) is 10.9. The molecule has 1 N–H and O–H groups in total. The third kappa shape index (κ3) is 3.12. The Balaban J connectivity index is 2.19. The predicted octanol–water partition coefficient (Wildman–Crippen LogP) is 2.29. The number of aromatic carboxylic acids is 1. The first-order valence-electron chi connectivity index (χ1n) is 5.99. The highest BCUT2D eigenvalue weighted by Gasteiger charge is 2.08. The van der Waals surface area contributed by atoms with Gasteiger partial charge >= 0.3 is 5.97 Å². The van der Waals surface area contributed by atoms with Gasteiger partial charge in [0.1, 0.15) is 5.69 Å². The molecule has 0 bridgehead atoms. The minimum Gasteiger partial charge on any atom is -0.477 e. The fourth-order valence-corrected chi connectivity index (χ4v) is 1.88. The maximum absolute atomic E-state index is 10.9. The Bertz CT molecular complexity index is 677. The van der Waals surface area contributed by atoms with Crippen LogP contribution in [0.25, 0.3) is 0 Å². The monoisotopic (exact) mass is 267 g/mol. The Kier molecular flexibility index (Phi) is 3.96. The van der Waals surface area contributed by atoms with Crippen LogP contribution >= 0.6 is 0 Å². The Hall–Kier alpha value is -2.87. The largest absolute Gasteiger partial charge is 0.477 e. The van der Waals surface area contributed by atoms with Crippen LogP contribution in [0.2, 0.25) is 0 Å². The predicted molar refractivity (Wildman–Crippen MR) is 74.5 cm³/mol. The zero-order chi connectivity index (χ0) is 14.5. The number of hydrogen-bond acceptors (Lipinski definition) is 4. The summed E-state index contributed by atoms with van der Waals surface area (Å²) in [6.07, 6.45) is 1.47. The number of carbonyl (C=O) groups is 1. The van der Waals surface area contributed by atoms with Gasteiger partial charge in [0.25, 0.3) is 0 Å². The molecule has 0 unspecified atom stereocenters. The van der Waals surface area contributed by atoms with Crippen LogP contribution in [-0.4, -0.2) is 23.1 Å². The zero-order valence-corrected chi connectivity index (χ0v) is 10.9. The number of anilines is 1. The molecule has 0 amide bonds. The van der Waals surface area contributed by atoms with E-state index >= 15 is 0 Å². The summed E-state index contributed by atoms with van der Waals surface area (Å²) in [5.74, 6) is -1.05. The fraction of sp³-hybridized carbons (Fsp3) is 0.133. The lowest BCUT2D eigenvalue weighted by molar-refractivity contribution is 0.0690. The molecule has 100 valence electrons. The molecule has 0 spiro atoms. The SMILES string of the molecule is CN(Cc1cccc(C#N)c1)c1ccnc(C(=O)O)c1. The number of nitrogens with zero attached hydrogens (tertiary/aromatic N) is 3. The molecule has 1 aromatic heterocycles. The molecule has 1 heterocycles. The van der Waals surface area contributed by atoms with Crippen LogP contribution in [0.1, 0.15) is 21.6 Å². The molecule has 2 aromatic rings. The minimum absolute atomic E-state index is 0.0140. The van der Waals surface area contributed by atoms with Gasteiger partial charge in [-0.15, -0.1) is 0 Å². The third-order valence-corrected chi connectivity index (χ3v) is 2.88. The average molecular weight is 267 g/mol. The van der Waals surface area contributed by atoms with Gasteiger partial charge in [-0.2, -0.15) is 5.26 Å². The molecule has 0 saturated heterocycles. The van der Waals surface area contributed by atoms with Gasteiger partial charge in [-0.25, -0.2) is 9.78 Å². The fourth-order valence-electron chi connectivity index (χ4n) is 1.88. The number of carboxylic acids is 1. The van der Waals surface area contributed by atoms with Gasteiger partial charge in [0.05, 0.1) is 11.6 Å². The van der Waals surface area contributed by atoms with Crippen molar-refractivity contribution in [2.24, 2.45) is 0 Å². The molecule has 5 nitrogen and oxygen atoms in total. The molecule has 0 aliphatic heterocycles. The lowest BCUT2D eigenvalue weighted by Crippen LogP contribution is -2.17. The summed E-state index contributed by atoms with van der Waals surface area (Å²) in [6.45, 7) is 0.582. The Morgan fingerprint density at radius 1 is 1.40 bits per heavy atom. The Morgan fingerprint density at radius 3 is 2.90 bits per heavy atom. The summed E-state index contributed by atoms with van der Waals surface area (Å²) in [6, 6.07) is 12.7. The second-order valence-corrected chi connectivity index (χ2v) is 4.37. The standard InChI is InChI=1S/C15H13N3O2/c1-18(10-12-4-2-3-11(7-12)9-16)13-5-6-17-14(8-13)15(19)20/h2-8H,10H2,1H3,(H,19,20). The molecule has 0 aliphatic carbocycles. The first kappa shape index (κ1) is 13.6. The van der Waals surface area contributed by atoms with Crippen molar-refractivity contribution >= 4 is 11.7 Å². The topological polar surface area (TPSA) is 77.2 Å². The number of nitriles is 1. The van der Waals surface area contributed by atoms with Gasteiger partial charge in [0.15, 0.2) is 0 Å². The molecule has 20 heavy (non-hydrogen) atoms. The normalized spacial score (nSPS) is 9.80. The molecule has 0 fully saturated rings. The molecular formula is C15H13N3O2. The number of hydrogen-bond donors (Lipinski definition) is 1. The van der Waals surface area contributed by atoms with Crippen molar-refractivity contribution in [1.29, 1.82) is 5.26 Å². The van der Waals surface area contributed by atoms with Crippen molar-refractivity contribution in [2.45, 2.75) is 6.54 Å². The number of aromatic nitrogens is 1. The van der Waals surface area contributed by atoms with Crippen LogP contribution in [0.3, 0.4) is 0 Å². The highest BCUT2D eigenvalue weighted by molar-refractivity contribution is 5.86. The quantitative estimate of drug-likeness (QED) is 0.919. The second-order valence-electron chi connectivity index (χ2n) is 4.37. The van der Waals surface area contributed by atoms with E-state index in [2.05, 4.69) is 11.1 Å². The maximum atomic E-state index is 10.9. The molecule has 2 rings (SSSR count). The van der Waals surface area contributed by atoms with Crippen LogP contribution in [0.15, 0.2) is 42.6 Å². The number of rotatable bonds is 4. The van der Waals surface area contributed by atoms with E-state index in [0.717, 1.165) is 11.3 Å². The summed E-state index contributed by atoms with van der Waals surface area (Å²) in [7, 11) is 1.86. The lowest BCUT2D eigenvalue weighted by atomic mass is 10.1. The summed E-state index contributed by atoms with van der Waals surface area (Å²) < 4.78 is 0. The van der Waals surface area contributed by atoms with Crippen molar-refractivity contribution in [3.05, 3.63) is 59.4 Å². The smallest absolute Gasteiger partial charge is 0.354 e. The van der Waals surface area contributed by atoms with E-state index in [1.165, 1.54) is 12.3 Å². The first-order chi connectivity index (χ1) is 9.60. The molecule has 0 aliphatic rings. The number of benzene rings is 1. The van der Waals surface area contributed by atoms with E-state index in [4.69, 9.17) is 10.4 Å². The van der Waals surface area contributed by atoms with Gasteiger partial charge in [-0.1, -0.05) is 12.1 Å². The molecule has 0 radical (unpaired) electrons. The first-order valence-corrected chi connectivity index (χ1v) is 5.99. The summed E-state index contributed by atoms with van der Waals surface area (Å²) in [4.78, 5) is 16.6. The molecular weight excluding hydrogens is 254 g/mol. The second kappa shape index (κ2) is 5.85. The van der Waals surface area contributed by atoms with E-state index in [1.54, 1.807) is 12.1 Å². The van der Waals surface area contributed by atoms with E-state index in [1.807, 2.05) is 30.1 Å². The molecule has 1 aromatic carbocycles. The van der Waals surface area contributed by atoms with Gasteiger partial charge in [-0.3, -0.25) is 0 Å². The number of pyridine rings is 1. The van der Waals surface area contributed by atoms with Crippen LogP contribution in [-0.2, 0) is 6.54 Å². The van der Waals surface area contributed by atoms with Crippen LogP contribution < -0.4 is 4.90 Å². The average Bonchev–Trinajstić information content (AvgIpc) is 2.47. The van der Waals surface area contributed by atoms with Crippen LogP contribution in [0.4, 0.5) is 5.69 Å². The summed E-state index contributed by atoms with van der Waals surface area (Å²) in [5, 5.41) is 17.8. The van der Waals surface area contributed by atoms with Crippen LogP contribution in [0.5, 0.6) is 0 Å². The Labute approximate surface area is 116 Å². The maximum Gasteiger partial charge on any atom is 0.354 e. The van der Waals surface area contributed by atoms with Gasteiger partial charge in [-0.05, 0) is 29.8 Å². The summed E-state index contributed by atoms with van der Waals surface area (Å²) >= 11 is 0. The molecule has 0 atom stereocenters. The third-order valence-electron chi connectivity index (χ3n) is 2.88. The van der Waals surface area contributed by atoms with E-state index in [-0.39, 0.29) is 5.69 Å². The van der Waals surface area contributed by atoms with E-state index < -0.39 is 5.97 Å². The molecule has 0 saturated carbocycles. The van der Waals surface area contributed by atoms with Crippen molar-refractivity contribution < 1.29 is 9.90 Å². The van der Waals surface area contributed by atoms with Gasteiger partial charge < -0.3 is 10.0 Å². The Morgan fingerprint density at radius 2 is 2.20 bits per heavy atom. The van der Waals surface area contributed by atoms with Gasteiger partial charge in [0, 0.05) is 25.5 Å². The van der Waals surface area contributed by atoms with Crippen molar-refractivity contribution in [3.8, 4) is 6.07 Å². The molecule has 5 heteroatoms. The van der Waals surface area contributed by atoms with Crippen LogP contribution in [0, 0.1) is 11.3 Å². The van der Waals surface area contributed by atoms with Gasteiger partial charge in [0.2, 0.25) is 0 Å². The minimum atomic E-state index is -1.05. The highest BCUT2D eigenvalue weighted by atomic mass is 16.4. The van der Waals surface area contributed by atoms with Crippen molar-refractivity contribution in [1.82, 2.24) is 4.98 Å². The van der Waals surface area contributed by atoms with Crippen molar-refractivity contribution in [3.63, 3.8) is 0 Å². The summed E-state index contributed by atoms with van der Waals surface area (Å²) in [5.41, 5.74) is 2.37.